The van der Waals surface area contributed by atoms with Crippen molar-refractivity contribution < 1.29 is 22.6 Å². The predicted molar refractivity (Wildman–Crippen MR) is 102 cm³/mol. The van der Waals surface area contributed by atoms with Gasteiger partial charge in [-0.25, -0.2) is 4.99 Å². The van der Waals surface area contributed by atoms with Gasteiger partial charge in [-0.15, -0.1) is 13.2 Å². The van der Waals surface area contributed by atoms with Crippen LogP contribution in [0.5, 0.6) is 5.75 Å². The Morgan fingerprint density at radius 3 is 2.50 bits per heavy atom. The van der Waals surface area contributed by atoms with Gasteiger partial charge in [0.2, 0.25) is 0 Å². The van der Waals surface area contributed by atoms with E-state index in [4.69, 9.17) is 4.74 Å². The van der Waals surface area contributed by atoms with E-state index in [1.165, 1.54) is 12.1 Å². The third kappa shape index (κ3) is 7.20. The molecule has 1 saturated heterocycles. The molecule has 28 heavy (non-hydrogen) atoms. The lowest BCUT2D eigenvalue weighted by atomic mass is 10.0. The number of nitrogens with zero attached hydrogens (tertiary/aromatic N) is 2. The molecule has 0 bridgehead atoms. The first-order valence-corrected chi connectivity index (χ1v) is 9.40. The first kappa shape index (κ1) is 22.3. The van der Waals surface area contributed by atoms with E-state index < -0.39 is 6.36 Å². The van der Waals surface area contributed by atoms with Crippen molar-refractivity contribution in [3.63, 3.8) is 0 Å². The summed E-state index contributed by atoms with van der Waals surface area (Å²) in [5.74, 6) is 0.314. The summed E-state index contributed by atoms with van der Waals surface area (Å²) in [5.41, 5.74) is 0.251. The minimum Gasteiger partial charge on any atom is -0.405 e. The molecule has 0 aliphatic carbocycles. The maximum atomic E-state index is 12.6. The highest BCUT2D eigenvalue weighted by atomic mass is 19.4. The Labute approximate surface area is 164 Å². The summed E-state index contributed by atoms with van der Waals surface area (Å²) >= 11 is 0. The highest BCUT2D eigenvalue weighted by molar-refractivity contribution is 5.79. The zero-order valence-corrected chi connectivity index (χ0v) is 16.6. The van der Waals surface area contributed by atoms with Crippen LogP contribution in [0.2, 0.25) is 0 Å². The van der Waals surface area contributed by atoms with Gasteiger partial charge in [-0.3, -0.25) is 4.90 Å². The highest BCUT2D eigenvalue weighted by Crippen LogP contribution is 2.26. The van der Waals surface area contributed by atoms with Gasteiger partial charge in [-0.2, -0.15) is 0 Å². The van der Waals surface area contributed by atoms with Crippen molar-refractivity contribution in [1.82, 2.24) is 15.5 Å². The van der Waals surface area contributed by atoms with Crippen LogP contribution in [0.4, 0.5) is 13.2 Å². The molecule has 0 spiro atoms. The van der Waals surface area contributed by atoms with Crippen LogP contribution in [-0.2, 0) is 11.3 Å². The smallest absolute Gasteiger partial charge is 0.405 e. The van der Waals surface area contributed by atoms with E-state index in [1.807, 2.05) is 6.92 Å². The van der Waals surface area contributed by atoms with Crippen molar-refractivity contribution in [2.24, 2.45) is 4.99 Å². The first-order valence-electron chi connectivity index (χ1n) is 9.40. The number of benzene rings is 1. The van der Waals surface area contributed by atoms with Crippen LogP contribution in [0.1, 0.15) is 26.3 Å². The minimum atomic E-state index is -4.73. The number of hydrogen-bond acceptors (Lipinski definition) is 4. The average molecular weight is 402 g/mol. The van der Waals surface area contributed by atoms with E-state index in [2.05, 4.69) is 39.1 Å². The third-order valence-corrected chi connectivity index (χ3v) is 4.51. The van der Waals surface area contributed by atoms with E-state index >= 15 is 0 Å². The van der Waals surface area contributed by atoms with Crippen molar-refractivity contribution in [1.29, 1.82) is 0 Å². The Morgan fingerprint density at radius 2 is 1.86 bits per heavy atom. The molecule has 158 valence electrons. The maximum Gasteiger partial charge on any atom is 0.573 e. The van der Waals surface area contributed by atoms with E-state index in [0.29, 0.717) is 37.8 Å². The second kappa shape index (κ2) is 9.97. The number of rotatable bonds is 7. The Hall–Kier alpha value is -2.00. The topological polar surface area (TPSA) is 58.1 Å². The van der Waals surface area contributed by atoms with Crippen LogP contribution < -0.4 is 15.4 Å². The molecular formula is C19H29F3N4O2. The zero-order valence-electron chi connectivity index (χ0n) is 16.6. The molecule has 0 atom stereocenters. The highest BCUT2D eigenvalue weighted by Gasteiger charge is 2.32. The van der Waals surface area contributed by atoms with Gasteiger partial charge in [0.15, 0.2) is 5.96 Å². The molecule has 0 unspecified atom stereocenters. The number of nitrogens with one attached hydrogen (secondary N) is 2. The van der Waals surface area contributed by atoms with Crippen molar-refractivity contribution in [2.75, 3.05) is 39.4 Å². The molecule has 1 aliphatic rings. The standard InChI is InChI=1S/C19H29F3N4O2/c1-4-23-17(25-14-18(2,3)26-9-11-27-12-10-26)24-13-15-7-5-6-8-16(15)28-19(20,21)22/h5-8H,4,9-14H2,1-3H3,(H2,23,24,25). The zero-order chi connectivity index (χ0) is 20.6. The third-order valence-electron chi connectivity index (χ3n) is 4.51. The average Bonchev–Trinajstić information content (AvgIpc) is 2.64. The number of morpholine rings is 1. The largest absolute Gasteiger partial charge is 0.573 e. The van der Waals surface area contributed by atoms with Crippen LogP contribution in [0.15, 0.2) is 29.3 Å². The van der Waals surface area contributed by atoms with E-state index in [-0.39, 0.29) is 17.8 Å². The molecule has 1 fully saturated rings. The van der Waals surface area contributed by atoms with Gasteiger partial charge in [0.25, 0.3) is 0 Å². The Morgan fingerprint density at radius 1 is 1.18 bits per heavy atom. The molecule has 1 aliphatic heterocycles. The van der Waals surface area contributed by atoms with Crippen molar-refractivity contribution in [2.45, 2.75) is 39.2 Å². The summed E-state index contributed by atoms with van der Waals surface area (Å²) in [6, 6.07) is 6.03. The Balaban J connectivity index is 2.02. The fraction of sp³-hybridized carbons (Fsp3) is 0.632. The number of aliphatic imine (C=N–C) groups is 1. The van der Waals surface area contributed by atoms with E-state index in [9.17, 15) is 13.2 Å². The summed E-state index contributed by atoms with van der Waals surface area (Å²) < 4.78 is 47.2. The first-order chi connectivity index (χ1) is 13.2. The molecule has 2 rings (SSSR count). The normalized spacial score (nSPS) is 16.7. The van der Waals surface area contributed by atoms with Crippen LogP contribution in [0, 0.1) is 0 Å². The van der Waals surface area contributed by atoms with Crippen molar-refractivity contribution in [3.05, 3.63) is 29.8 Å². The number of alkyl halides is 3. The van der Waals surface area contributed by atoms with Gasteiger partial charge >= 0.3 is 6.36 Å². The summed E-state index contributed by atoms with van der Waals surface area (Å²) in [6.45, 7) is 10.7. The lowest BCUT2D eigenvalue weighted by molar-refractivity contribution is -0.274. The second-order valence-electron chi connectivity index (χ2n) is 7.12. The van der Waals surface area contributed by atoms with Crippen LogP contribution in [0.3, 0.4) is 0 Å². The van der Waals surface area contributed by atoms with Gasteiger partial charge in [0, 0.05) is 37.3 Å². The van der Waals surface area contributed by atoms with Crippen molar-refractivity contribution >= 4 is 5.96 Å². The number of halogens is 3. The molecule has 1 aromatic carbocycles. The van der Waals surface area contributed by atoms with Gasteiger partial charge < -0.3 is 20.1 Å². The molecular weight excluding hydrogens is 373 g/mol. The van der Waals surface area contributed by atoms with Crippen LogP contribution in [-0.4, -0.2) is 62.2 Å². The fourth-order valence-electron chi connectivity index (χ4n) is 2.95. The van der Waals surface area contributed by atoms with E-state index in [1.54, 1.807) is 12.1 Å². The summed E-state index contributed by atoms with van der Waals surface area (Å²) in [7, 11) is 0. The Bertz CT molecular complexity index is 644. The van der Waals surface area contributed by atoms with Gasteiger partial charge in [0.05, 0.1) is 19.8 Å². The molecule has 0 saturated carbocycles. The minimum absolute atomic E-state index is 0.0690. The lowest BCUT2D eigenvalue weighted by Gasteiger charge is -2.41. The van der Waals surface area contributed by atoms with Gasteiger partial charge in [-0.05, 0) is 26.8 Å². The number of hydrogen-bond donors (Lipinski definition) is 2. The van der Waals surface area contributed by atoms with Gasteiger partial charge in [-0.1, -0.05) is 18.2 Å². The van der Waals surface area contributed by atoms with E-state index in [0.717, 1.165) is 13.1 Å². The molecule has 9 heteroatoms. The Kier molecular flexibility index (Phi) is 7.94. The summed E-state index contributed by atoms with van der Waals surface area (Å²) in [4.78, 5) is 6.77. The molecule has 2 N–H and O–H groups in total. The predicted octanol–water partition coefficient (Wildman–Crippen LogP) is 2.75. The second-order valence-corrected chi connectivity index (χ2v) is 7.12. The summed E-state index contributed by atoms with van der Waals surface area (Å²) in [5, 5.41) is 6.42. The quantitative estimate of drug-likeness (QED) is 0.543. The fourth-order valence-corrected chi connectivity index (χ4v) is 2.95. The van der Waals surface area contributed by atoms with Crippen LogP contribution in [0.25, 0.3) is 0 Å². The molecule has 0 amide bonds. The lowest BCUT2D eigenvalue weighted by Crippen LogP contribution is -2.56. The monoisotopic (exact) mass is 402 g/mol. The van der Waals surface area contributed by atoms with Crippen LogP contribution >= 0.6 is 0 Å². The number of para-hydroxylation sites is 1. The molecule has 6 nitrogen and oxygen atoms in total. The number of guanidine groups is 1. The number of ether oxygens (including phenoxy) is 2. The molecule has 1 heterocycles. The van der Waals surface area contributed by atoms with Gasteiger partial charge in [0.1, 0.15) is 5.75 Å². The van der Waals surface area contributed by atoms with Crippen molar-refractivity contribution in [3.8, 4) is 5.75 Å². The maximum absolute atomic E-state index is 12.6. The molecule has 1 aromatic rings. The summed E-state index contributed by atoms with van der Waals surface area (Å²) in [6.07, 6.45) is -4.73. The molecule has 0 aromatic heterocycles. The molecule has 0 radical (unpaired) electrons. The SMILES string of the molecule is CCNC(=NCc1ccccc1OC(F)(F)F)NCC(C)(C)N1CCOCC1.